The largest absolute Gasteiger partial charge is 0.397 e. The molecule has 17 heavy (non-hydrogen) atoms. The van der Waals surface area contributed by atoms with Crippen LogP contribution >= 0.6 is 11.3 Å². The van der Waals surface area contributed by atoms with Gasteiger partial charge in [-0.05, 0) is 6.07 Å². The summed E-state index contributed by atoms with van der Waals surface area (Å²) in [5, 5.41) is 5.87. The lowest BCUT2D eigenvalue weighted by Gasteiger charge is -2.06. The Morgan fingerprint density at radius 3 is 2.94 bits per heavy atom. The molecule has 0 aromatic carbocycles. The first-order valence-corrected chi connectivity index (χ1v) is 5.72. The van der Waals surface area contributed by atoms with Crippen molar-refractivity contribution in [2.24, 2.45) is 5.73 Å². The number of anilines is 2. The predicted octanol–water partition coefficient (Wildman–Crippen LogP) is 0.831. The Kier molecular flexibility index (Phi) is 3.20. The first kappa shape index (κ1) is 11.3. The van der Waals surface area contributed by atoms with Crippen molar-refractivity contribution in [2.45, 2.75) is 6.54 Å². The number of thiazole rings is 1. The minimum Gasteiger partial charge on any atom is -0.397 e. The van der Waals surface area contributed by atoms with E-state index < -0.39 is 5.91 Å². The van der Waals surface area contributed by atoms with Crippen LogP contribution in [-0.4, -0.2) is 15.9 Å². The summed E-state index contributed by atoms with van der Waals surface area (Å²) >= 11 is 1.54. The number of hydrogen-bond donors (Lipinski definition) is 3. The van der Waals surface area contributed by atoms with E-state index >= 15 is 0 Å². The van der Waals surface area contributed by atoms with E-state index in [9.17, 15) is 4.79 Å². The third-order valence-corrected chi connectivity index (χ3v) is 2.88. The highest BCUT2D eigenvalue weighted by Gasteiger charge is 2.07. The fraction of sp³-hybridized carbons (Fsp3) is 0.100. The minimum absolute atomic E-state index is 0.265. The van der Waals surface area contributed by atoms with E-state index in [0.717, 1.165) is 5.01 Å². The summed E-state index contributed by atoms with van der Waals surface area (Å²) in [7, 11) is 0. The van der Waals surface area contributed by atoms with Crippen molar-refractivity contribution in [1.82, 2.24) is 9.97 Å². The quantitative estimate of drug-likeness (QED) is 0.744. The number of pyridine rings is 1. The number of nitrogens with one attached hydrogen (secondary N) is 1. The molecule has 88 valence electrons. The van der Waals surface area contributed by atoms with Gasteiger partial charge in [-0.15, -0.1) is 11.3 Å². The number of aromatic nitrogens is 2. The number of hydrogen-bond acceptors (Lipinski definition) is 6. The number of nitrogen functional groups attached to an aromatic ring is 1. The van der Waals surface area contributed by atoms with E-state index in [4.69, 9.17) is 11.5 Å². The van der Waals surface area contributed by atoms with Crippen LogP contribution in [0.15, 0.2) is 23.8 Å². The molecule has 0 aliphatic rings. The van der Waals surface area contributed by atoms with E-state index in [1.54, 1.807) is 6.20 Å². The molecule has 2 aromatic rings. The lowest BCUT2D eigenvalue weighted by atomic mass is 10.2. The van der Waals surface area contributed by atoms with Gasteiger partial charge in [-0.3, -0.25) is 4.79 Å². The van der Waals surface area contributed by atoms with Crippen molar-refractivity contribution in [1.29, 1.82) is 0 Å². The Hall–Kier alpha value is -2.15. The molecule has 0 spiro atoms. The van der Waals surface area contributed by atoms with Crippen LogP contribution in [0.25, 0.3) is 0 Å². The normalized spacial score (nSPS) is 10.1. The number of nitrogens with two attached hydrogens (primary N) is 2. The summed E-state index contributed by atoms with van der Waals surface area (Å²) in [4.78, 5) is 19.3. The van der Waals surface area contributed by atoms with Crippen molar-refractivity contribution in [2.75, 3.05) is 11.1 Å². The van der Waals surface area contributed by atoms with Crippen LogP contribution < -0.4 is 16.8 Å². The van der Waals surface area contributed by atoms with E-state index in [2.05, 4.69) is 15.3 Å². The maximum atomic E-state index is 11.1. The zero-order chi connectivity index (χ0) is 12.3. The molecule has 0 bridgehead atoms. The van der Waals surface area contributed by atoms with Gasteiger partial charge in [0.1, 0.15) is 10.8 Å². The maximum absolute atomic E-state index is 11.1. The predicted molar refractivity (Wildman–Crippen MR) is 66.6 cm³/mol. The Morgan fingerprint density at radius 2 is 2.29 bits per heavy atom. The van der Waals surface area contributed by atoms with Gasteiger partial charge in [0, 0.05) is 11.6 Å². The van der Waals surface area contributed by atoms with Crippen molar-refractivity contribution < 1.29 is 4.79 Å². The fourth-order valence-electron chi connectivity index (χ4n) is 1.28. The molecule has 0 aliphatic carbocycles. The molecule has 2 rings (SSSR count). The first-order valence-electron chi connectivity index (χ1n) is 4.84. The maximum Gasteiger partial charge on any atom is 0.250 e. The standard InChI is InChI=1S/C10H11N5OS/c11-7-4-14-8(3-6(7)10(12)16)15-5-9-13-1-2-17-9/h1-4H,5,11H2,(H2,12,16)(H,14,15). The Balaban J connectivity index is 2.11. The molecule has 0 radical (unpaired) electrons. The van der Waals surface area contributed by atoms with E-state index in [1.165, 1.54) is 23.6 Å². The van der Waals surface area contributed by atoms with Crippen LogP contribution in [0.2, 0.25) is 0 Å². The molecule has 0 unspecified atom stereocenters. The molecule has 0 atom stereocenters. The number of carbonyl (C=O) groups excluding carboxylic acids is 1. The molecule has 1 amide bonds. The molecule has 0 fully saturated rings. The number of primary amides is 1. The topological polar surface area (TPSA) is 107 Å². The van der Waals surface area contributed by atoms with Gasteiger partial charge < -0.3 is 16.8 Å². The highest BCUT2D eigenvalue weighted by atomic mass is 32.1. The summed E-state index contributed by atoms with van der Waals surface area (Å²) in [6.45, 7) is 0.548. The second-order valence-corrected chi connectivity index (χ2v) is 4.28. The average Bonchev–Trinajstić information content (AvgIpc) is 2.80. The summed E-state index contributed by atoms with van der Waals surface area (Å²) in [6.07, 6.45) is 3.14. The SMILES string of the molecule is NC(=O)c1cc(NCc2nccs2)ncc1N. The Labute approximate surface area is 102 Å². The number of nitrogens with zero attached hydrogens (tertiary/aromatic N) is 2. The Morgan fingerprint density at radius 1 is 1.47 bits per heavy atom. The zero-order valence-corrected chi connectivity index (χ0v) is 9.70. The second-order valence-electron chi connectivity index (χ2n) is 3.30. The van der Waals surface area contributed by atoms with Crippen molar-refractivity contribution >= 4 is 28.7 Å². The van der Waals surface area contributed by atoms with E-state index in [0.29, 0.717) is 12.4 Å². The molecular weight excluding hydrogens is 238 g/mol. The van der Waals surface area contributed by atoms with Crippen molar-refractivity contribution in [3.63, 3.8) is 0 Å². The third-order valence-electron chi connectivity index (χ3n) is 2.10. The van der Waals surface area contributed by atoms with Gasteiger partial charge >= 0.3 is 0 Å². The van der Waals surface area contributed by atoms with Gasteiger partial charge in [0.05, 0.1) is 24.0 Å². The monoisotopic (exact) mass is 249 g/mol. The van der Waals surface area contributed by atoms with Crippen LogP contribution in [-0.2, 0) is 6.54 Å². The number of rotatable bonds is 4. The van der Waals surface area contributed by atoms with Gasteiger partial charge in [0.2, 0.25) is 0 Å². The highest BCUT2D eigenvalue weighted by Crippen LogP contribution is 2.15. The van der Waals surface area contributed by atoms with Crippen LogP contribution in [0, 0.1) is 0 Å². The van der Waals surface area contributed by atoms with Gasteiger partial charge in [-0.1, -0.05) is 0 Å². The fourth-order valence-corrected chi connectivity index (χ4v) is 1.84. The van der Waals surface area contributed by atoms with Crippen LogP contribution in [0.4, 0.5) is 11.5 Å². The molecule has 0 aliphatic heterocycles. The van der Waals surface area contributed by atoms with Crippen molar-refractivity contribution in [3.05, 3.63) is 34.4 Å². The van der Waals surface area contributed by atoms with E-state index in [-0.39, 0.29) is 11.3 Å². The van der Waals surface area contributed by atoms with Gasteiger partial charge in [0.15, 0.2) is 0 Å². The highest BCUT2D eigenvalue weighted by molar-refractivity contribution is 7.09. The average molecular weight is 249 g/mol. The molecule has 2 aromatic heterocycles. The first-order chi connectivity index (χ1) is 8.16. The zero-order valence-electron chi connectivity index (χ0n) is 8.88. The number of amides is 1. The minimum atomic E-state index is -0.567. The molecule has 0 saturated carbocycles. The summed E-state index contributed by atoms with van der Waals surface area (Å²) in [5.74, 6) is -0.0228. The summed E-state index contributed by atoms with van der Waals surface area (Å²) in [5.41, 5.74) is 11.3. The lowest BCUT2D eigenvalue weighted by molar-refractivity contribution is 0.100. The molecule has 7 heteroatoms. The molecule has 5 N–H and O–H groups in total. The summed E-state index contributed by atoms with van der Waals surface area (Å²) < 4.78 is 0. The molecule has 0 saturated heterocycles. The van der Waals surface area contributed by atoms with Crippen LogP contribution in [0.3, 0.4) is 0 Å². The van der Waals surface area contributed by atoms with E-state index in [1.807, 2.05) is 5.38 Å². The molecule has 6 nitrogen and oxygen atoms in total. The van der Waals surface area contributed by atoms with Crippen LogP contribution in [0.1, 0.15) is 15.4 Å². The summed E-state index contributed by atoms with van der Waals surface area (Å²) in [6, 6.07) is 1.53. The lowest BCUT2D eigenvalue weighted by Crippen LogP contribution is -2.14. The Bertz CT molecular complexity index is 525. The smallest absolute Gasteiger partial charge is 0.250 e. The van der Waals surface area contributed by atoms with Crippen LogP contribution in [0.5, 0.6) is 0 Å². The van der Waals surface area contributed by atoms with Gasteiger partial charge in [0.25, 0.3) is 5.91 Å². The molecule has 2 heterocycles. The number of carbonyl (C=O) groups is 1. The van der Waals surface area contributed by atoms with Crippen molar-refractivity contribution in [3.8, 4) is 0 Å². The molecular formula is C10H11N5OS. The second kappa shape index (κ2) is 4.79. The third kappa shape index (κ3) is 2.70. The van der Waals surface area contributed by atoms with Gasteiger partial charge in [-0.2, -0.15) is 0 Å². The van der Waals surface area contributed by atoms with Gasteiger partial charge in [-0.25, -0.2) is 9.97 Å².